The first-order chi connectivity index (χ1) is 17.4. The Morgan fingerprint density at radius 2 is 2.06 bits per heavy atom. The number of fused-ring (bicyclic) bond motifs is 1. The summed E-state index contributed by atoms with van der Waals surface area (Å²) in [4.78, 5) is 37.9. The Labute approximate surface area is 215 Å². The zero-order valence-electron chi connectivity index (χ0n) is 19.5. The molecule has 6 rings (SSSR count). The van der Waals surface area contributed by atoms with Gasteiger partial charge in [0, 0.05) is 25.3 Å². The lowest BCUT2D eigenvalue weighted by molar-refractivity contribution is 0.0669. The number of carbonyl (C=O) groups is 2. The Balaban J connectivity index is 1.49. The van der Waals surface area contributed by atoms with Crippen LogP contribution >= 0.6 is 22.9 Å². The molecule has 184 valence electrons. The molecule has 0 spiro atoms. The SMILES string of the molecule is CN(C)C1CCN(C(=O)c2sc3ncc(C#N)c4c3c2NC(=O)N4c2c(Cl)ccc3c2OCO3)CC1. The van der Waals surface area contributed by atoms with E-state index in [0.717, 1.165) is 12.8 Å². The third kappa shape index (κ3) is 3.37. The molecule has 1 saturated heterocycles. The number of nitriles is 1. The lowest BCUT2D eigenvalue weighted by atomic mass is 10.0. The number of amides is 3. The van der Waals surface area contributed by atoms with Gasteiger partial charge in [-0.05, 0) is 39.1 Å². The van der Waals surface area contributed by atoms with Gasteiger partial charge in [0.25, 0.3) is 5.91 Å². The standard InChI is InChI=1S/C24H21ClN6O4S/c1-29(2)13-5-7-30(8-6-13)23(32)21-17-16-18(12(9-26)10-27-22(16)36-21)31(24(33)28-17)19-14(25)3-4-15-20(19)35-11-34-15/h3-4,10,13H,5-8,11H2,1-2H3,(H,28,33). The van der Waals surface area contributed by atoms with Crippen molar-refractivity contribution >= 4 is 62.2 Å². The molecule has 2 aromatic heterocycles. The number of anilines is 3. The van der Waals surface area contributed by atoms with Crippen LogP contribution in [0.15, 0.2) is 18.3 Å². The average Bonchev–Trinajstić information content (AvgIpc) is 3.50. The molecule has 5 heterocycles. The number of piperidine rings is 1. The maximum absolute atomic E-state index is 13.6. The fourth-order valence-corrected chi connectivity index (χ4v) is 6.29. The number of thiophene rings is 1. The lowest BCUT2D eigenvalue weighted by Gasteiger charge is -2.35. The van der Waals surface area contributed by atoms with E-state index in [1.54, 1.807) is 12.1 Å². The van der Waals surface area contributed by atoms with Crippen LogP contribution < -0.4 is 19.7 Å². The quantitative estimate of drug-likeness (QED) is 0.540. The zero-order valence-corrected chi connectivity index (χ0v) is 21.1. The molecule has 0 unspecified atom stereocenters. The van der Waals surface area contributed by atoms with Crippen molar-refractivity contribution in [3.63, 3.8) is 0 Å². The number of halogens is 1. The van der Waals surface area contributed by atoms with Gasteiger partial charge in [-0.1, -0.05) is 11.6 Å². The molecule has 3 aromatic rings. The molecule has 1 aromatic carbocycles. The molecule has 3 aliphatic heterocycles. The van der Waals surface area contributed by atoms with E-state index in [4.69, 9.17) is 21.1 Å². The highest BCUT2D eigenvalue weighted by molar-refractivity contribution is 7.21. The van der Waals surface area contributed by atoms with E-state index in [-0.39, 0.29) is 29.0 Å². The number of ether oxygens (including phenoxy) is 2. The summed E-state index contributed by atoms with van der Waals surface area (Å²) < 4.78 is 11.1. The number of hydrogen-bond acceptors (Lipinski definition) is 8. The molecular weight excluding hydrogens is 504 g/mol. The fraction of sp³-hybridized carbons (Fsp3) is 0.333. The molecule has 0 atom stereocenters. The predicted octanol–water partition coefficient (Wildman–Crippen LogP) is 4.40. The van der Waals surface area contributed by atoms with Crippen molar-refractivity contribution in [3.8, 4) is 17.6 Å². The van der Waals surface area contributed by atoms with Gasteiger partial charge in [-0.25, -0.2) is 9.78 Å². The minimum absolute atomic E-state index is 0.0120. The summed E-state index contributed by atoms with van der Waals surface area (Å²) >= 11 is 7.74. The van der Waals surface area contributed by atoms with Gasteiger partial charge in [0.05, 0.1) is 27.3 Å². The van der Waals surface area contributed by atoms with Gasteiger partial charge in [0.15, 0.2) is 11.5 Å². The predicted molar refractivity (Wildman–Crippen MR) is 136 cm³/mol. The van der Waals surface area contributed by atoms with Crippen molar-refractivity contribution in [1.82, 2.24) is 14.8 Å². The smallest absolute Gasteiger partial charge is 0.331 e. The van der Waals surface area contributed by atoms with E-state index < -0.39 is 6.03 Å². The molecule has 12 heteroatoms. The summed E-state index contributed by atoms with van der Waals surface area (Å²) in [5.41, 5.74) is 1.13. The number of likely N-dealkylation sites (tertiary alicyclic amines) is 1. The summed E-state index contributed by atoms with van der Waals surface area (Å²) in [5, 5.41) is 13.6. The lowest BCUT2D eigenvalue weighted by Crippen LogP contribution is -2.44. The van der Waals surface area contributed by atoms with Gasteiger partial charge in [0.2, 0.25) is 6.79 Å². The number of nitrogens with one attached hydrogen (secondary N) is 1. The van der Waals surface area contributed by atoms with E-state index in [2.05, 4.69) is 21.3 Å². The van der Waals surface area contributed by atoms with Gasteiger partial charge in [0.1, 0.15) is 21.5 Å². The molecular formula is C24H21ClN6O4S. The Morgan fingerprint density at radius 1 is 1.28 bits per heavy atom. The second-order valence-electron chi connectivity index (χ2n) is 9.00. The minimum Gasteiger partial charge on any atom is -0.454 e. The molecule has 0 radical (unpaired) electrons. The summed E-state index contributed by atoms with van der Waals surface area (Å²) in [7, 11) is 4.09. The van der Waals surface area contributed by atoms with Crippen molar-refractivity contribution in [3.05, 3.63) is 33.8 Å². The van der Waals surface area contributed by atoms with Crippen LogP contribution in [-0.4, -0.2) is 66.7 Å². The number of rotatable bonds is 3. The van der Waals surface area contributed by atoms with Gasteiger partial charge in [-0.15, -0.1) is 11.3 Å². The Bertz CT molecular complexity index is 1470. The first-order valence-electron chi connectivity index (χ1n) is 11.4. The number of nitrogens with zero attached hydrogens (tertiary/aromatic N) is 5. The molecule has 1 fully saturated rings. The monoisotopic (exact) mass is 524 g/mol. The number of pyridine rings is 1. The van der Waals surface area contributed by atoms with Crippen LogP contribution in [0.2, 0.25) is 5.02 Å². The van der Waals surface area contributed by atoms with Crippen LogP contribution in [0.1, 0.15) is 28.1 Å². The summed E-state index contributed by atoms with van der Waals surface area (Å²) in [5.74, 6) is 0.600. The highest BCUT2D eigenvalue weighted by Crippen LogP contribution is 2.53. The second-order valence-corrected chi connectivity index (χ2v) is 10.4. The number of benzene rings is 1. The summed E-state index contributed by atoms with van der Waals surface area (Å²) in [6.07, 6.45) is 3.16. The Kier molecular flexibility index (Phi) is 5.40. The molecule has 0 aliphatic carbocycles. The zero-order chi connectivity index (χ0) is 25.1. The second kappa shape index (κ2) is 8.51. The molecule has 0 bridgehead atoms. The molecule has 3 amide bonds. The molecule has 10 nitrogen and oxygen atoms in total. The van der Waals surface area contributed by atoms with E-state index in [0.29, 0.717) is 57.1 Å². The van der Waals surface area contributed by atoms with Crippen molar-refractivity contribution in [2.45, 2.75) is 18.9 Å². The average molecular weight is 525 g/mol. The third-order valence-corrected chi connectivity index (χ3v) is 8.23. The number of carbonyl (C=O) groups excluding carboxylic acids is 2. The van der Waals surface area contributed by atoms with Crippen LogP contribution in [0, 0.1) is 11.3 Å². The topological polar surface area (TPSA) is 111 Å². The van der Waals surface area contributed by atoms with Gasteiger partial charge < -0.3 is 24.6 Å². The van der Waals surface area contributed by atoms with Crippen LogP contribution in [-0.2, 0) is 0 Å². The van der Waals surface area contributed by atoms with Crippen LogP contribution in [0.4, 0.5) is 21.9 Å². The van der Waals surface area contributed by atoms with E-state index >= 15 is 0 Å². The minimum atomic E-state index is -0.559. The third-order valence-electron chi connectivity index (χ3n) is 6.84. The number of aromatic nitrogens is 1. The van der Waals surface area contributed by atoms with Crippen molar-refractivity contribution in [2.75, 3.05) is 44.2 Å². The molecule has 1 N–H and O–H groups in total. The highest BCUT2D eigenvalue weighted by atomic mass is 35.5. The Morgan fingerprint density at radius 3 is 2.78 bits per heavy atom. The van der Waals surface area contributed by atoms with E-state index in [9.17, 15) is 14.9 Å². The fourth-order valence-electron chi connectivity index (χ4n) is 4.98. The van der Waals surface area contributed by atoms with Crippen LogP contribution in [0.3, 0.4) is 0 Å². The van der Waals surface area contributed by atoms with Crippen molar-refractivity contribution < 1.29 is 19.1 Å². The number of urea groups is 1. The van der Waals surface area contributed by atoms with E-state index in [1.165, 1.54) is 22.4 Å². The summed E-state index contributed by atoms with van der Waals surface area (Å²) in [6, 6.07) is 5.27. The Hall–Kier alpha value is -3.59. The molecule has 36 heavy (non-hydrogen) atoms. The van der Waals surface area contributed by atoms with Gasteiger partial charge >= 0.3 is 6.03 Å². The first-order valence-corrected chi connectivity index (χ1v) is 12.6. The first kappa shape index (κ1) is 22.8. The number of hydrogen-bond donors (Lipinski definition) is 1. The van der Waals surface area contributed by atoms with Crippen LogP contribution in [0.25, 0.3) is 10.2 Å². The summed E-state index contributed by atoms with van der Waals surface area (Å²) in [6.45, 7) is 1.24. The van der Waals surface area contributed by atoms with Gasteiger partial charge in [-0.2, -0.15) is 5.26 Å². The van der Waals surface area contributed by atoms with Crippen LogP contribution in [0.5, 0.6) is 11.5 Å². The molecule has 0 saturated carbocycles. The van der Waals surface area contributed by atoms with E-state index in [1.807, 2.05) is 19.0 Å². The maximum atomic E-state index is 13.6. The van der Waals surface area contributed by atoms with Gasteiger partial charge in [-0.3, -0.25) is 9.69 Å². The normalized spacial score (nSPS) is 17.0. The highest BCUT2D eigenvalue weighted by Gasteiger charge is 2.39. The van der Waals surface area contributed by atoms with Crippen molar-refractivity contribution in [2.24, 2.45) is 0 Å². The maximum Gasteiger partial charge on any atom is 0.331 e. The largest absolute Gasteiger partial charge is 0.454 e. The van der Waals surface area contributed by atoms with Crippen molar-refractivity contribution in [1.29, 1.82) is 5.26 Å². The molecule has 3 aliphatic rings.